The molecule has 0 saturated heterocycles. The van der Waals surface area contributed by atoms with Crippen molar-refractivity contribution in [1.82, 2.24) is 0 Å². The first kappa shape index (κ1) is 13.8. The molecule has 1 aromatic carbocycles. The van der Waals surface area contributed by atoms with Crippen LogP contribution in [0.3, 0.4) is 0 Å². The summed E-state index contributed by atoms with van der Waals surface area (Å²) in [6.45, 7) is 4.90. The fourth-order valence-corrected chi connectivity index (χ4v) is 1.70. The summed E-state index contributed by atoms with van der Waals surface area (Å²) >= 11 is 0. The first-order valence-corrected chi connectivity index (χ1v) is 6.04. The average Bonchev–Trinajstić information content (AvgIpc) is 2.12. The van der Waals surface area contributed by atoms with Crippen LogP contribution in [0.5, 0.6) is 5.75 Å². The van der Waals surface area contributed by atoms with Crippen molar-refractivity contribution in [3.63, 3.8) is 0 Å². The van der Waals surface area contributed by atoms with Crippen molar-refractivity contribution in [3.05, 3.63) is 28.8 Å². The maximum Gasteiger partial charge on any atom is 0.534 e. The van der Waals surface area contributed by atoms with Gasteiger partial charge >= 0.3 is 15.6 Å². The highest BCUT2D eigenvalue weighted by atomic mass is 32.2. The van der Waals surface area contributed by atoms with E-state index in [2.05, 4.69) is 4.18 Å². The fraction of sp³-hybridized carbons (Fsp3) is 0.400. The van der Waals surface area contributed by atoms with Crippen LogP contribution >= 0.6 is 0 Å². The minimum Gasteiger partial charge on any atom is -0.376 e. The lowest BCUT2D eigenvalue weighted by Gasteiger charge is -2.12. The monoisotopic (exact) mass is 268 g/mol. The van der Waals surface area contributed by atoms with E-state index < -0.39 is 15.6 Å². The summed E-state index contributed by atoms with van der Waals surface area (Å²) in [4.78, 5) is 0. The van der Waals surface area contributed by atoms with Gasteiger partial charge in [-0.1, -0.05) is 6.07 Å². The molecule has 0 unspecified atom stereocenters. The van der Waals surface area contributed by atoms with Gasteiger partial charge in [0.25, 0.3) is 0 Å². The van der Waals surface area contributed by atoms with Crippen LogP contribution in [0, 0.1) is 20.8 Å². The third kappa shape index (κ3) is 2.91. The molecule has 0 amide bonds. The van der Waals surface area contributed by atoms with Crippen LogP contribution in [0.25, 0.3) is 0 Å². The van der Waals surface area contributed by atoms with Crippen molar-refractivity contribution < 1.29 is 25.8 Å². The number of hydrogen-bond donors (Lipinski definition) is 0. The summed E-state index contributed by atoms with van der Waals surface area (Å²) in [5.41, 5.74) is -3.58. The summed E-state index contributed by atoms with van der Waals surface area (Å²) < 4.78 is 62.1. The first-order valence-electron chi connectivity index (χ1n) is 4.63. The van der Waals surface area contributed by atoms with Crippen LogP contribution in [-0.2, 0) is 10.1 Å². The standard InChI is InChI=1S/C10H11F3O3S/c1-6-4-8(3)9(5-7(6)2)16-17(14,15)10(11,12)13/h4-5H,1-3H3. The molecule has 3 nitrogen and oxygen atoms in total. The molecule has 17 heavy (non-hydrogen) atoms. The second-order valence-corrected chi connectivity index (χ2v) is 5.22. The zero-order valence-electron chi connectivity index (χ0n) is 9.42. The Bertz CT molecular complexity index is 532. The SMILES string of the molecule is Cc1cc(C)c(OS(=O)(=O)C(F)(F)F)cc1C. The molecule has 7 heteroatoms. The van der Waals surface area contributed by atoms with E-state index in [1.807, 2.05) is 0 Å². The van der Waals surface area contributed by atoms with E-state index in [1.165, 1.54) is 13.0 Å². The van der Waals surface area contributed by atoms with E-state index in [0.717, 1.165) is 5.56 Å². The predicted molar refractivity (Wildman–Crippen MR) is 56.3 cm³/mol. The Morgan fingerprint density at radius 2 is 1.47 bits per heavy atom. The molecule has 0 heterocycles. The summed E-state index contributed by atoms with van der Waals surface area (Å²) in [5.74, 6) is -0.301. The van der Waals surface area contributed by atoms with E-state index in [0.29, 0.717) is 11.1 Å². The molecule has 0 aromatic heterocycles. The normalized spacial score (nSPS) is 12.6. The molecule has 0 bridgehead atoms. The highest BCUT2D eigenvalue weighted by Crippen LogP contribution is 2.30. The van der Waals surface area contributed by atoms with Crippen LogP contribution in [0.4, 0.5) is 13.2 Å². The maximum atomic E-state index is 12.1. The Kier molecular flexibility index (Phi) is 3.42. The van der Waals surface area contributed by atoms with Gasteiger partial charge in [-0.05, 0) is 43.5 Å². The molecular weight excluding hydrogens is 257 g/mol. The molecule has 0 fully saturated rings. The smallest absolute Gasteiger partial charge is 0.376 e. The molecule has 0 aliphatic heterocycles. The zero-order valence-corrected chi connectivity index (χ0v) is 10.2. The van der Waals surface area contributed by atoms with E-state index in [-0.39, 0.29) is 5.75 Å². The minimum atomic E-state index is -5.60. The van der Waals surface area contributed by atoms with Crippen molar-refractivity contribution in [2.75, 3.05) is 0 Å². The number of hydrogen-bond acceptors (Lipinski definition) is 3. The van der Waals surface area contributed by atoms with Gasteiger partial charge in [0.05, 0.1) is 0 Å². The average molecular weight is 268 g/mol. The Balaban J connectivity index is 3.18. The van der Waals surface area contributed by atoms with Crippen molar-refractivity contribution in [2.24, 2.45) is 0 Å². The van der Waals surface area contributed by atoms with Crippen molar-refractivity contribution in [3.8, 4) is 5.75 Å². The van der Waals surface area contributed by atoms with Gasteiger partial charge < -0.3 is 4.18 Å². The quantitative estimate of drug-likeness (QED) is 0.612. The van der Waals surface area contributed by atoms with Gasteiger partial charge in [-0.3, -0.25) is 0 Å². The Morgan fingerprint density at radius 3 is 1.94 bits per heavy atom. The third-order valence-corrected chi connectivity index (χ3v) is 3.24. The summed E-state index contributed by atoms with van der Waals surface area (Å²) in [6, 6.07) is 2.84. The molecule has 1 aromatic rings. The Labute approximate surface area is 97.3 Å². The van der Waals surface area contributed by atoms with Crippen molar-refractivity contribution in [2.45, 2.75) is 26.3 Å². The van der Waals surface area contributed by atoms with E-state index in [1.54, 1.807) is 19.9 Å². The highest BCUT2D eigenvalue weighted by molar-refractivity contribution is 7.88. The lowest BCUT2D eigenvalue weighted by atomic mass is 10.1. The first-order chi connectivity index (χ1) is 7.54. The molecule has 0 aliphatic rings. The second-order valence-electron chi connectivity index (χ2n) is 3.69. The predicted octanol–water partition coefficient (Wildman–Crippen LogP) is 2.84. The number of rotatable bonds is 2. The van der Waals surface area contributed by atoms with E-state index in [9.17, 15) is 21.6 Å². The summed E-state index contributed by atoms with van der Waals surface area (Å²) in [6.07, 6.45) is 0. The summed E-state index contributed by atoms with van der Waals surface area (Å²) in [5, 5.41) is 0. The van der Waals surface area contributed by atoms with Gasteiger partial charge in [-0.15, -0.1) is 0 Å². The van der Waals surface area contributed by atoms with Gasteiger partial charge in [0.2, 0.25) is 0 Å². The maximum absolute atomic E-state index is 12.1. The third-order valence-electron chi connectivity index (χ3n) is 2.27. The topological polar surface area (TPSA) is 43.4 Å². The van der Waals surface area contributed by atoms with Crippen LogP contribution in [-0.4, -0.2) is 13.9 Å². The molecule has 0 radical (unpaired) electrons. The molecule has 0 spiro atoms. The Morgan fingerprint density at radius 1 is 1.00 bits per heavy atom. The highest BCUT2D eigenvalue weighted by Gasteiger charge is 2.48. The lowest BCUT2D eigenvalue weighted by Crippen LogP contribution is -2.28. The largest absolute Gasteiger partial charge is 0.534 e. The molecule has 1 rings (SSSR count). The van der Waals surface area contributed by atoms with Crippen LogP contribution in [0.15, 0.2) is 12.1 Å². The molecule has 0 N–H and O–H groups in total. The van der Waals surface area contributed by atoms with Crippen molar-refractivity contribution in [1.29, 1.82) is 0 Å². The Hall–Kier alpha value is -1.24. The van der Waals surface area contributed by atoms with Gasteiger partial charge in [0.1, 0.15) is 5.75 Å². The van der Waals surface area contributed by atoms with Crippen LogP contribution in [0.2, 0.25) is 0 Å². The van der Waals surface area contributed by atoms with E-state index in [4.69, 9.17) is 0 Å². The molecular formula is C10H11F3O3S. The number of halogens is 3. The van der Waals surface area contributed by atoms with Crippen LogP contribution < -0.4 is 4.18 Å². The number of aryl methyl sites for hydroxylation is 3. The molecule has 0 atom stereocenters. The zero-order chi connectivity index (χ0) is 13.4. The number of alkyl halides is 3. The van der Waals surface area contributed by atoms with Gasteiger partial charge in [0, 0.05) is 0 Å². The molecule has 0 saturated carbocycles. The van der Waals surface area contributed by atoms with E-state index >= 15 is 0 Å². The van der Waals surface area contributed by atoms with Crippen LogP contribution in [0.1, 0.15) is 16.7 Å². The van der Waals surface area contributed by atoms with Crippen molar-refractivity contribution >= 4 is 10.1 Å². The van der Waals surface area contributed by atoms with Gasteiger partial charge in [-0.25, -0.2) is 0 Å². The molecule has 96 valence electrons. The number of benzene rings is 1. The molecule has 0 aliphatic carbocycles. The lowest BCUT2D eigenvalue weighted by molar-refractivity contribution is -0.0500. The fourth-order valence-electron chi connectivity index (χ4n) is 1.19. The van der Waals surface area contributed by atoms with Gasteiger partial charge in [0.15, 0.2) is 0 Å². The summed E-state index contributed by atoms with van der Waals surface area (Å²) in [7, 11) is -5.60. The minimum absolute atomic E-state index is 0.301. The second kappa shape index (κ2) is 4.21. The van der Waals surface area contributed by atoms with Gasteiger partial charge in [-0.2, -0.15) is 21.6 Å².